The number of hydrogen-bond donors (Lipinski definition) is 0. The molecule has 0 aromatic heterocycles. The molecule has 0 spiro atoms. The zero-order valence-corrected chi connectivity index (χ0v) is 11.6. The molecule has 20 heavy (non-hydrogen) atoms. The van der Waals surface area contributed by atoms with Crippen LogP contribution in [-0.4, -0.2) is 4.92 Å². The first-order valence-electron chi connectivity index (χ1n) is 5.48. The Hall–Kier alpha value is -2.02. The van der Waals surface area contributed by atoms with E-state index in [0.29, 0.717) is 5.56 Å². The SMILES string of the molecule is O=[N+]([O-])c1ccc(F)cc1OCc1cccc(F)c1Br. The minimum atomic E-state index is -0.671. The lowest BCUT2D eigenvalue weighted by atomic mass is 10.2. The van der Waals surface area contributed by atoms with Crippen LogP contribution in [-0.2, 0) is 6.61 Å². The zero-order valence-electron chi connectivity index (χ0n) is 9.98. The zero-order chi connectivity index (χ0) is 14.7. The largest absolute Gasteiger partial charge is 0.482 e. The first-order valence-corrected chi connectivity index (χ1v) is 6.28. The summed E-state index contributed by atoms with van der Waals surface area (Å²) in [6, 6.07) is 7.26. The van der Waals surface area contributed by atoms with Gasteiger partial charge in [-0.15, -0.1) is 0 Å². The molecule has 0 bridgehead atoms. The molecule has 0 amide bonds. The van der Waals surface area contributed by atoms with E-state index in [4.69, 9.17) is 4.74 Å². The Balaban J connectivity index is 2.24. The second-order valence-electron chi connectivity index (χ2n) is 3.87. The molecule has 0 aliphatic carbocycles. The molecule has 2 aromatic rings. The Labute approximate surface area is 121 Å². The highest BCUT2D eigenvalue weighted by atomic mass is 79.9. The Bertz CT molecular complexity index is 664. The molecular formula is C13H8BrF2NO3. The summed E-state index contributed by atoms with van der Waals surface area (Å²) >= 11 is 3.05. The maximum absolute atomic E-state index is 13.3. The molecule has 2 aromatic carbocycles. The van der Waals surface area contributed by atoms with Crippen LogP contribution in [0.3, 0.4) is 0 Å². The first kappa shape index (κ1) is 14.4. The van der Waals surface area contributed by atoms with Crippen LogP contribution < -0.4 is 4.74 Å². The Morgan fingerprint density at radius 2 is 2.00 bits per heavy atom. The second kappa shape index (κ2) is 5.96. The summed E-state index contributed by atoms with van der Waals surface area (Å²) in [5.41, 5.74) is 0.113. The minimum absolute atomic E-state index is 0.122. The Morgan fingerprint density at radius 1 is 1.25 bits per heavy atom. The minimum Gasteiger partial charge on any atom is -0.482 e. The maximum atomic E-state index is 13.3. The van der Waals surface area contributed by atoms with Crippen molar-refractivity contribution in [3.05, 3.63) is 68.2 Å². The van der Waals surface area contributed by atoms with Crippen LogP contribution in [0.5, 0.6) is 5.75 Å². The Morgan fingerprint density at radius 3 is 2.70 bits per heavy atom. The van der Waals surface area contributed by atoms with Crippen molar-refractivity contribution in [2.45, 2.75) is 6.61 Å². The van der Waals surface area contributed by atoms with Gasteiger partial charge in [-0.05, 0) is 28.1 Å². The molecule has 104 valence electrons. The van der Waals surface area contributed by atoms with E-state index in [1.807, 2.05) is 0 Å². The van der Waals surface area contributed by atoms with Crippen molar-refractivity contribution in [1.82, 2.24) is 0 Å². The topological polar surface area (TPSA) is 52.4 Å². The van der Waals surface area contributed by atoms with Crippen molar-refractivity contribution >= 4 is 21.6 Å². The van der Waals surface area contributed by atoms with Crippen LogP contribution in [0.15, 0.2) is 40.9 Å². The van der Waals surface area contributed by atoms with Crippen molar-refractivity contribution in [1.29, 1.82) is 0 Å². The predicted octanol–water partition coefficient (Wildman–Crippen LogP) is 4.21. The maximum Gasteiger partial charge on any atom is 0.311 e. The summed E-state index contributed by atoms with van der Waals surface area (Å²) in [6.45, 7) is -0.122. The highest BCUT2D eigenvalue weighted by Gasteiger charge is 2.16. The molecule has 0 saturated heterocycles. The van der Waals surface area contributed by atoms with E-state index < -0.39 is 16.6 Å². The van der Waals surface area contributed by atoms with Crippen LogP contribution >= 0.6 is 15.9 Å². The number of hydrogen-bond acceptors (Lipinski definition) is 3. The van der Waals surface area contributed by atoms with Crippen molar-refractivity contribution in [3.63, 3.8) is 0 Å². The number of nitro benzene ring substituents is 1. The van der Waals surface area contributed by atoms with Gasteiger partial charge in [0.05, 0.1) is 9.40 Å². The third-order valence-electron chi connectivity index (χ3n) is 2.53. The van der Waals surface area contributed by atoms with Crippen molar-refractivity contribution in [2.24, 2.45) is 0 Å². The first-order chi connectivity index (χ1) is 9.49. The lowest BCUT2D eigenvalue weighted by Gasteiger charge is -2.08. The van der Waals surface area contributed by atoms with Crippen molar-refractivity contribution < 1.29 is 18.4 Å². The quantitative estimate of drug-likeness (QED) is 0.617. The van der Waals surface area contributed by atoms with Crippen molar-refractivity contribution in [3.8, 4) is 5.75 Å². The normalized spacial score (nSPS) is 10.3. The van der Waals surface area contributed by atoms with E-state index >= 15 is 0 Å². The summed E-state index contributed by atoms with van der Waals surface area (Å²) in [5.74, 6) is -1.32. The summed E-state index contributed by atoms with van der Waals surface area (Å²) in [7, 11) is 0. The Kier molecular flexibility index (Phi) is 4.29. The lowest BCUT2D eigenvalue weighted by Crippen LogP contribution is -2.01. The predicted molar refractivity (Wildman–Crippen MR) is 71.5 cm³/mol. The summed E-state index contributed by atoms with van der Waals surface area (Å²) in [5, 5.41) is 10.8. The summed E-state index contributed by atoms with van der Waals surface area (Å²) in [6.07, 6.45) is 0. The number of nitrogens with zero attached hydrogens (tertiary/aromatic N) is 1. The van der Waals surface area contributed by atoms with Gasteiger partial charge < -0.3 is 4.74 Å². The fourth-order valence-corrected chi connectivity index (χ4v) is 1.95. The third-order valence-corrected chi connectivity index (χ3v) is 3.42. The average molecular weight is 344 g/mol. The second-order valence-corrected chi connectivity index (χ2v) is 4.66. The fraction of sp³-hybridized carbons (Fsp3) is 0.0769. The monoisotopic (exact) mass is 343 g/mol. The fourth-order valence-electron chi connectivity index (χ4n) is 1.57. The van der Waals surface area contributed by atoms with Gasteiger partial charge in [0.2, 0.25) is 0 Å². The molecule has 0 aliphatic heterocycles. The molecule has 0 saturated carbocycles. The third kappa shape index (κ3) is 3.11. The smallest absolute Gasteiger partial charge is 0.311 e. The average Bonchev–Trinajstić information content (AvgIpc) is 2.40. The van der Waals surface area contributed by atoms with E-state index in [1.54, 1.807) is 6.07 Å². The van der Waals surface area contributed by atoms with E-state index in [-0.39, 0.29) is 22.5 Å². The molecule has 0 fully saturated rings. The van der Waals surface area contributed by atoms with Gasteiger partial charge in [0.15, 0.2) is 5.75 Å². The van der Waals surface area contributed by atoms with Crippen LogP contribution in [0.1, 0.15) is 5.56 Å². The summed E-state index contributed by atoms with van der Waals surface area (Å²) in [4.78, 5) is 10.1. The highest BCUT2D eigenvalue weighted by molar-refractivity contribution is 9.10. The van der Waals surface area contributed by atoms with Gasteiger partial charge in [0, 0.05) is 17.7 Å². The van der Waals surface area contributed by atoms with Gasteiger partial charge in [0.1, 0.15) is 18.2 Å². The molecular weight excluding hydrogens is 336 g/mol. The number of benzene rings is 2. The van der Waals surface area contributed by atoms with Gasteiger partial charge in [-0.25, -0.2) is 8.78 Å². The molecule has 2 rings (SSSR count). The lowest BCUT2D eigenvalue weighted by molar-refractivity contribution is -0.386. The number of ether oxygens (including phenoxy) is 1. The van der Waals surface area contributed by atoms with E-state index in [1.165, 1.54) is 12.1 Å². The van der Waals surface area contributed by atoms with E-state index in [0.717, 1.165) is 18.2 Å². The van der Waals surface area contributed by atoms with E-state index in [9.17, 15) is 18.9 Å². The highest BCUT2D eigenvalue weighted by Crippen LogP contribution is 2.29. The van der Waals surface area contributed by atoms with Gasteiger partial charge in [0.25, 0.3) is 0 Å². The van der Waals surface area contributed by atoms with Crippen LogP contribution in [0.25, 0.3) is 0 Å². The van der Waals surface area contributed by atoms with Gasteiger partial charge in [-0.3, -0.25) is 10.1 Å². The van der Waals surface area contributed by atoms with Crippen molar-refractivity contribution in [2.75, 3.05) is 0 Å². The molecule has 7 heteroatoms. The molecule has 0 radical (unpaired) electrons. The van der Waals surface area contributed by atoms with Crippen LogP contribution in [0.4, 0.5) is 14.5 Å². The molecule has 0 N–H and O–H groups in total. The van der Waals surface area contributed by atoms with Crippen LogP contribution in [0.2, 0.25) is 0 Å². The summed E-state index contributed by atoms with van der Waals surface area (Å²) < 4.78 is 31.8. The standard InChI is InChI=1S/C13H8BrF2NO3/c14-13-8(2-1-3-10(13)16)7-20-12-6-9(15)4-5-11(12)17(18)19/h1-6H,7H2. The van der Waals surface area contributed by atoms with Crippen LogP contribution in [0, 0.1) is 21.7 Å². The van der Waals surface area contributed by atoms with Gasteiger partial charge in [-0.1, -0.05) is 12.1 Å². The molecule has 0 atom stereocenters. The van der Waals surface area contributed by atoms with E-state index in [2.05, 4.69) is 15.9 Å². The molecule has 0 heterocycles. The molecule has 4 nitrogen and oxygen atoms in total. The number of rotatable bonds is 4. The molecule has 0 aliphatic rings. The number of halogens is 3. The van der Waals surface area contributed by atoms with Gasteiger partial charge >= 0.3 is 5.69 Å². The molecule has 0 unspecified atom stereocenters. The number of nitro groups is 1. The van der Waals surface area contributed by atoms with Gasteiger partial charge in [-0.2, -0.15) is 0 Å².